The zero-order chi connectivity index (χ0) is 8.20. The lowest BCUT2D eigenvalue weighted by Crippen LogP contribution is -2.26. The maximum absolute atomic E-state index is 8.85. The Hall–Kier alpha value is 0.270. The van der Waals surface area contributed by atoms with Gasteiger partial charge in [-0.15, -0.1) is 0 Å². The Kier molecular flexibility index (Phi) is 4.32. The van der Waals surface area contributed by atoms with Gasteiger partial charge in [0.2, 0.25) is 0 Å². The van der Waals surface area contributed by atoms with Gasteiger partial charge in [0.15, 0.2) is 0 Å². The molecule has 0 spiro atoms. The van der Waals surface area contributed by atoms with Crippen molar-refractivity contribution in [2.75, 3.05) is 12.4 Å². The van der Waals surface area contributed by atoms with E-state index in [1.54, 1.807) is 11.8 Å². The number of rotatable bonds is 4. The number of aliphatic hydroxyl groups is 1. The number of thioether (sulfide) groups is 1. The van der Waals surface area contributed by atoms with E-state index in [1.807, 2.05) is 20.8 Å². The van der Waals surface area contributed by atoms with Gasteiger partial charge in [-0.05, 0) is 20.8 Å². The third kappa shape index (κ3) is 5.09. The van der Waals surface area contributed by atoms with Gasteiger partial charge in [-0.3, -0.25) is 0 Å². The molecule has 1 atom stereocenters. The van der Waals surface area contributed by atoms with Crippen LogP contribution in [0.5, 0.6) is 0 Å². The van der Waals surface area contributed by atoms with Crippen LogP contribution < -0.4 is 5.73 Å². The molecule has 62 valence electrons. The Morgan fingerprint density at radius 1 is 1.60 bits per heavy atom. The summed E-state index contributed by atoms with van der Waals surface area (Å²) in [6.07, 6.45) is 0. The fourth-order valence-corrected chi connectivity index (χ4v) is 1.21. The molecule has 0 aliphatic heterocycles. The van der Waals surface area contributed by atoms with Gasteiger partial charge in [0.05, 0.1) is 6.61 Å². The van der Waals surface area contributed by atoms with Crippen LogP contribution in [0.3, 0.4) is 0 Å². The molecule has 0 saturated carbocycles. The fourth-order valence-electron chi connectivity index (χ4n) is 0.403. The van der Waals surface area contributed by atoms with Crippen LogP contribution in [-0.4, -0.2) is 28.3 Å². The van der Waals surface area contributed by atoms with E-state index < -0.39 is 0 Å². The molecule has 0 bridgehead atoms. The Labute approximate surface area is 67.2 Å². The minimum Gasteiger partial charge on any atom is -0.395 e. The van der Waals surface area contributed by atoms with Crippen molar-refractivity contribution in [3.63, 3.8) is 0 Å². The van der Waals surface area contributed by atoms with E-state index in [1.165, 1.54) is 0 Å². The molecule has 3 heteroatoms. The van der Waals surface area contributed by atoms with Crippen molar-refractivity contribution < 1.29 is 5.11 Å². The van der Waals surface area contributed by atoms with Crippen LogP contribution in [0, 0.1) is 0 Å². The van der Waals surface area contributed by atoms with Crippen molar-refractivity contribution in [1.82, 2.24) is 0 Å². The Morgan fingerprint density at radius 3 is 2.40 bits per heavy atom. The summed E-state index contributed by atoms with van der Waals surface area (Å²) in [6, 6.07) is 0.218. The van der Waals surface area contributed by atoms with Crippen molar-refractivity contribution >= 4 is 11.8 Å². The SMILES string of the molecule is C[C@H](N)CSC(C)(C)CO. The summed E-state index contributed by atoms with van der Waals surface area (Å²) in [7, 11) is 0. The number of aliphatic hydroxyl groups excluding tert-OH is 1. The summed E-state index contributed by atoms with van der Waals surface area (Å²) in [5.41, 5.74) is 5.55. The first kappa shape index (κ1) is 10.3. The molecule has 0 aromatic heterocycles. The van der Waals surface area contributed by atoms with E-state index in [4.69, 9.17) is 10.8 Å². The zero-order valence-corrected chi connectivity index (χ0v) is 7.74. The van der Waals surface area contributed by atoms with Crippen LogP contribution >= 0.6 is 11.8 Å². The molecular weight excluding hydrogens is 146 g/mol. The van der Waals surface area contributed by atoms with E-state index >= 15 is 0 Å². The molecule has 0 aliphatic carbocycles. The minimum atomic E-state index is -0.0341. The highest BCUT2D eigenvalue weighted by Crippen LogP contribution is 2.23. The molecule has 0 saturated heterocycles. The van der Waals surface area contributed by atoms with Crippen molar-refractivity contribution in [2.45, 2.75) is 31.6 Å². The molecule has 2 nitrogen and oxygen atoms in total. The Morgan fingerprint density at radius 2 is 2.10 bits per heavy atom. The second kappa shape index (κ2) is 4.21. The first-order valence-corrected chi connectivity index (χ1v) is 4.47. The monoisotopic (exact) mass is 163 g/mol. The Balaban J connectivity index is 3.46. The van der Waals surface area contributed by atoms with Gasteiger partial charge in [-0.25, -0.2) is 0 Å². The van der Waals surface area contributed by atoms with Gasteiger partial charge in [0, 0.05) is 16.5 Å². The van der Waals surface area contributed by atoms with Gasteiger partial charge < -0.3 is 10.8 Å². The molecule has 0 amide bonds. The van der Waals surface area contributed by atoms with E-state index in [-0.39, 0.29) is 17.4 Å². The predicted molar refractivity (Wildman–Crippen MR) is 47.3 cm³/mol. The highest BCUT2D eigenvalue weighted by molar-refractivity contribution is 8.00. The van der Waals surface area contributed by atoms with Gasteiger partial charge in [0.25, 0.3) is 0 Å². The van der Waals surface area contributed by atoms with Crippen molar-refractivity contribution in [1.29, 1.82) is 0 Å². The lowest BCUT2D eigenvalue weighted by molar-refractivity contribution is 0.265. The van der Waals surface area contributed by atoms with Crippen molar-refractivity contribution in [3.05, 3.63) is 0 Å². The average molecular weight is 163 g/mol. The lowest BCUT2D eigenvalue weighted by Gasteiger charge is -2.21. The molecule has 0 unspecified atom stereocenters. The van der Waals surface area contributed by atoms with Crippen molar-refractivity contribution in [2.24, 2.45) is 5.73 Å². The first-order valence-electron chi connectivity index (χ1n) is 3.48. The molecule has 10 heavy (non-hydrogen) atoms. The molecular formula is C7H17NOS. The quantitative estimate of drug-likeness (QED) is 0.645. The molecule has 3 N–H and O–H groups in total. The molecule has 0 rings (SSSR count). The lowest BCUT2D eigenvalue weighted by atomic mass is 10.2. The second-order valence-corrected chi connectivity index (χ2v) is 4.93. The molecule has 0 aromatic carbocycles. The number of hydrogen-bond acceptors (Lipinski definition) is 3. The summed E-state index contributed by atoms with van der Waals surface area (Å²) < 4.78 is -0.0341. The van der Waals surface area contributed by atoms with Gasteiger partial charge in [-0.2, -0.15) is 11.8 Å². The highest BCUT2D eigenvalue weighted by Gasteiger charge is 2.16. The largest absolute Gasteiger partial charge is 0.395 e. The average Bonchev–Trinajstić information content (AvgIpc) is 1.85. The first-order chi connectivity index (χ1) is 4.48. The van der Waals surface area contributed by atoms with Crippen LogP contribution in [0.1, 0.15) is 20.8 Å². The van der Waals surface area contributed by atoms with Crippen molar-refractivity contribution in [3.8, 4) is 0 Å². The molecule has 0 radical (unpaired) electrons. The van der Waals surface area contributed by atoms with Crippen LogP contribution in [0.15, 0.2) is 0 Å². The fraction of sp³-hybridized carbons (Fsp3) is 1.00. The maximum atomic E-state index is 8.85. The van der Waals surface area contributed by atoms with Gasteiger partial charge >= 0.3 is 0 Å². The summed E-state index contributed by atoms with van der Waals surface area (Å²) >= 11 is 1.71. The minimum absolute atomic E-state index is 0.0341. The van der Waals surface area contributed by atoms with E-state index in [9.17, 15) is 0 Å². The Bertz CT molecular complexity index is 93.6. The van der Waals surface area contributed by atoms with E-state index in [2.05, 4.69) is 0 Å². The maximum Gasteiger partial charge on any atom is 0.0572 e. The smallest absolute Gasteiger partial charge is 0.0572 e. The summed E-state index contributed by atoms with van der Waals surface area (Å²) in [5.74, 6) is 0.910. The number of nitrogens with two attached hydrogens (primary N) is 1. The molecule has 0 fully saturated rings. The standard InChI is InChI=1S/C7H17NOS/c1-6(8)4-10-7(2,3)5-9/h6,9H,4-5,8H2,1-3H3/t6-/m0/s1. The van der Waals surface area contributed by atoms with Gasteiger partial charge in [0.1, 0.15) is 0 Å². The van der Waals surface area contributed by atoms with Crippen LogP contribution in [0.4, 0.5) is 0 Å². The predicted octanol–water partition coefficient (Wildman–Crippen LogP) is 0.838. The molecule has 0 aromatic rings. The van der Waals surface area contributed by atoms with E-state index in [0.29, 0.717) is 0 Å². The van der Waals surface area contributed by atoms with Crippen LogP contribution in [0.25, 0.3) is 0 Å². The van der Waals surface area contributed by atoms with E-state index in [0.717, 1.165) is 5.75 Å². The third-order valence-electron chi connectivity index (χ3n) is 1.12. The second-order valence-electron chi connectivity index (χ2n) is 3.21. The topological polar surface area (TPSA) is 46.2 Å². The zero-order valence-electron chi connectivity index (χ0n) is 6.92. The molecule has 0 heterocycles. The highest BCUT2D eigenvalue weighted by atomic mass is 32.2. The molecule has 0 aliphatic rings. The normalized spacial score (nSPS) is 15.3. The third-order valence-corrected chi connectivity index (χ3v) is 2.72. The summed E-state index contributed by atoms with van der Waals surface area (Å²) in [4.78, 5) is 0. The number of hydrogen-bond donors (Lipinski definition) is 2. The van der Waals surface area contributed by atoms with Crippen LogP contribution in [0.2, 0.25) is 0 Å². The summed E-state index contributed by atoms with van der Waals surface area (Å²) in [6.45, 7) is 6.21. The van der Waals surface area contributed by atoms with Gasteiger partial charge in [-0.1, -0.05) is 0 Å². The summed E-state index contributed by atoms with van der Waals surface area (Å²) in [5, 5.41) is 8.85. The van der Waals surface area contributed by atoms with Crippen LogP contribution in [-0.2, 0) is 0 Å².